The zero-order valence-corrected chi connectivity index (χ0v) is 8.77. The molecular weight excluding hydrogens is 200 g/mol. The highest BCUT2D eigenvalue weighted by Gasteiger charge is 2.17. The second-order valence-corrected chi connectivity index (χ2v) is 2.97. The summed E-state index contributed by atoms with van der Waals surface area (Å²) in [7, 11) is 0. The van der Waals surface area contributed by atoms with Gasteiger partial charge in [-0.15, -0.1) is 0 Å². The number of carboxylic acid groups (broad SMARTS) is 1. The van der Waals surface area contributed by atoms with Gasteiger partial charge in [0.25, 0.3) is 0 Å². The van der Waals surface area contributed by atoms with Crippen LogP contribution >= 0.6 is 0 Å². The molecule has 0 radical (unpaired) electrons. The maximum Gasteiger partial charge on any atom is 0.312 e. The molecule has 1 rings (SSSR count). The van der Waals surface area contributed by atoms with Gasteiger partial charge in [-0.05, 0) is 13.3 Å². The number of carboxylic acids is 1. The van der Waals surface area contributed by atoms with Crippen LogP contribution in [-0.4, -0.2) is 27.8 Å². The van der Waals surface area contributed by atoms with E-state index in [9.17, 15) is 4.79 Å². The van der Waals surface area contributed by atoms with Crippen LogP contribution in [-0.2, 0) is 16.0 Å². The van der Waals surface area contributed by atoms with Gasteiger partial charge in [0.05, 0.1) is 0 Å². The first-order valence-electron chi connectivity index (χ1n) is 4.83. The summed E-state index contributed by atoms with van der Waals surface area (Å²) >= 11 is 0. The molecule has 1 aromatic rings. The Morgan fingerprint density at radius 2 is 2.33 bits per heavy atom. The van der Waals surface area contributed by atoms with Crippen LogP contribution in [0.25, 0.3) is 0 Å². The molecule has 0 bridgehead atoms. The Bertz CT molecular complexity index is 324. The molecule has 0 fully saturated rings. The van der Waals surface area contributed by atoms with Crippen LogP contribution < -0.4 is 0 Å². The number of aromatic nitrogens is 2. The summed E-state index contributed by atoms with van der Waals surface area (Å²) in [6.45, 7) is 4.37. The number of aliphatic carboxylic acids is 1. The fourth-order valence-electron chi connectivity index (χ4n) is 1.18. The van der Waals surface area contributed by atoms with Crippen molar-refractivity contribution in [1.82, 2.24) is 10.1 Å². The van der Waals surface area contributed by atoms with E-state index in [2.05, 4.69) is 10.1 Å². The molecule has 0 spiro atoms. The highest BCUT2D eigenvalue weighted by atomic mass is 16.5. The summed E-state index contributed by atoms with van der Waals surface area (Å²) in [6.07, 6.45) is 0.247. The smallest absolute Gasteiger partial charge is 0.312 e. The Morgan fingerprint density at radius 1 is 1.60 bits per heavy atom. The Kier molecular flexibility index (Phi) is 4.23. The van der Waals surface area contributed by atoms with Gasteiger partial charge in [-0.2, -0.15) is 4.98 Å². The third-order valence-electron chi connectivity index (χ3n) is 1.81. The first kappa shape index (κ1) is 11.6. The Morgan fingerprint density at radius 3 is 2.87 bits per heavy atom. The molecule has 84 valence electrons. The molecule has 0 aliphatic heterocycles. The summed E-state index contributed by atoms with van der Waals surface area (Å²) < 4.78 is 10.1. The highest BCUT2D eigenvalue weighted by Crippen LogP contribution is 2.17. The summed E-state index contributed by atoms with van der Waals surface area (Å²) in [4.78, 5) is 14.3. The second-order valence-electron chi connectivity index (χ2n) is 2.97. The van der Waals surface area contributed by atoms with Crippen molar-refractivity contribution in [2.75, 3.05) is 6.61 Å². The lowest BCUT2D eigenvalue weighted by Gasteiger charge is -2.09. The van der Waals surface area contributed by atoms with Crippen molar-refractivity contribution >= 4 is 5.97 Å². The van der Waals surface area contributed by atoms with Crippen LogP contribution in [0, 0.1) is 0 Å². The minimum absolute atomic E-state index is 0.107. The van der Waals surface area contributed by atoms with Crippen LogP contribution in [0.1, 0.15) is 38.1 Å². The minimum Gasteiger partial charge on any atom is -0.481 e. The van der Waals surface area contributed by atoms with E-state index in [1.807, 2.05) is 13.8 Å². The third-order valence-corrected chi connectivity index (χ3v) is 1.81. The molecule has 1 N–H and O–H groups in total. The Labute approximate surface area is 87.2 Å². The van der Waals surface area contributed by atoms with E-state index in [4.69, 9.17) is 14.4 Å². The zero-order valence-electron chi connectivity index (χ0n) is 8.77. The van der Waals surface area contributed by atoms with Gasteiger partial charge in [-0.25, -0.2) is 0 Å². The molecule has 6 heteroatoms. The third kappa shape index (κ3) is 3.32. The molecule has 15 heavy (non-hydrogen) atoms. The van der Waals surface area contributed by atoms with Crippen molar-refractivity contribution < 1.29 is 19.2 Å². The van der Waals surface area contributed by atoms with Gasteiger partial charge in [-0.3, -0.25) is 4.79 Å². The molecule has 0 amide bonds. The lowest BCUT2D eigenvalue weighted by atomic mass is 10.2. The van der Waals surface area contributed by atoms with Gasteiger partial charge < -0.3 is 14.4 Å². The normalized spacial score (nSPS) is 12.7. The van der Waals surface area contributed by atoms with Crippen molar-refractivity contribution in [2.24, 2.45) is 0 Å². The molecule has 1 atom stereocenters. The first-order chi connectivity index (χ1) is 7.17. The van der Waals surface area contributed by atoms with Crippen LogP contribution in [0.4, 0.5) is 0 Å². The minimum atomic E-state index is -0.991. The average Bonchev–Trinajstić information content (AvgIpc) is 2.61. The SMILES string of the molecule is CCOC(CC)c1noc(CC(=O)O)n1. The summed E-state index contributed by atoms with van der Waals surface area (Å²) in [5.41, 5.74) is 0. The number of ether oxygens (including phenoxy) is 1. The molecule has 6 nitrogen and oxygen atoms in total. The fourth-order valence-corrected chi connectivity index (χ4v) is 1.18. The van der Waals surface area contributed by atoms with Crippen molar-refractivity contribution in [1.29, 1.82) is 0 Å². The van der Waals surface area contributed by atoms with E-state index in [-0.39, 0.29) is 18.4 Å². The van der Waals surface area contributed by atoms with Gasteiger partial charge in [0, 0.05) is 6.61 Å². The maximum absolute atomic E-state index is 10.4. The van der Waals surface area contributed by atoms with Crippen molar-refractivity contribution in [3.63, 3.8) is 0 Å². The van der Waals surface area contributed by atoms with Crippen LogP contribution in [0.15, 0.2) is 4.52 Å². The summed E-state index contributed by atoms with van der Waals surface area (Å²) in [5.74, 6) is -0.471. The van der Waals surface area contributed by atoms with Crippen LogP contribution in [0.3, 0.4) is 0 Å². The summed E-state index contributed by atoms with van der Waals surface area (Å²) in [5, 5.41) is 12.2. The van der Waals surface area contributed by atoms with E-state index >= 15 is 0 Å². The number of hydrogen-bond acceptors (Lipinski definition) is 5. The van der Waals surface area contributed by atoms with Gasteiger partial charge in [0.1, 0.15) is 12.5 Å². The average molecular weight is 214 g/mol. The van der Waals surface area contributed by atoms with Gasteiger partial charge in [0.2, 0.25) is 11.7 Å². The predicted molar refractivity (Wildman–Crippen MR) is 50.3 cm³/mol. The quantitative estimate of drug-likeness (QED) is 0.765. The molecule has 1 heterocycles. The fraction of sp³-hybridized carbons (Fsp3) is 0.667. The van der Waals surface area contributed by atoms with Crippen molar-refractivity contribution in [3.8, 4) is 0 Å². The molecule has 0 aromatic carbocycles. The molecule has 0 aliphatic carbocycles. The van der Waals surface area contributed by atoms with E-state index in [0.717, 1.165) is 6.42 Å². The molecule has 0 saturated carbocycles. The van der Waals surface area contributed by atoms with Gasteiger partial charge in [-0.1, -0.05) is 12.1 Å². The lowest BCUT2D eigenvalue weighted by molar-refractivity contribution is -0.136. The topological polar surface area (TPSA) is 85.5 Å². The predicted octanol–water partition coefficient (Wildman–Crippen LogP) is 1.18. The van der Waals surface area contributed by atoms with Gasteiger partial charge >= 0.3 is 5.97 Å². The Hall–Kier alpha value is -1.43. The zero-order chi connectivity index (χ0) is 11.3. The van der Waals surface area contributed by atoms with Crippen molar-refractivity contribution in [3.05, 3.63) is 11.7 Å². The lowest BCUT2D eigenvalue weighted by Crippen LogP contribution is -2.05. The molecule has 0 saturated heterocycles. The number of rotatable bonds is 6. The standard InChI is InChI=1S/C9H14N2O4/c1-3-6(14-4-2)9-10-7(15-11-9)5-8(12)13/h6H,3-5H2,1-2H3,(H,12,13). The van der Waals surface area contributed by atoms with E-state index in [0.29, 0.717) is 12.4 Å². The van der Waals surface area contributed by atoms with Gasteiger partial charge in [0.15, 0.2) is 0 Å². The Balaban J connectivity index is 2.68. The van der Waals surface area contributed by atoms with Crippen LogP contribution in [0.2, 0.25) is 0 Å². The second kappa shape index (κ2) is 5.45. The van der Waals surface area contributed by atoms with Crippen LogP contribution in [0.5, 0.6) is 0 Å². The number of hydrogen-bond donors (Lipinski definition) is 1. The maximum atomic E-state index is 10.4. The van der Waals surface area contributed by atoms with E-state index in [1.54, 1.807) is 0 Å². The molecule has 0 aliphatic rings. The largest absolute Gasteiger partial charge is 0.481 e. The first-order valence-corrected chi connectivity index (χ1v) is 4.83. The van der Waals surface area contributed by atoms with E-state index < -0.39 is 5.97 Å². The molecular formula is C9H14N2O4. The van der Waals surface area contributed by atoms with Crippen molar-refractivity contribution in [2.45, 2.75) is 32.8 Å². The molecule has 1 unspecified atom stereocenters. The monoisotopic (exact) mass is 214 g/mol. The molecule has 1 aromatic heterocycles. The van der Waals surface area contributed by atoms with E-state index in [1.165, 1.54) is 0 Å². The number of carbonyl (C=O) groups is 1. The number of nitrogens with zero attached hydrogens (tertiary/aromatic N) is 2. The highest BCUT2D eigenvalue weighted by molar-refractivity contribution is 5.68. The summed E-state index contributed by atoms with van der Waals surface area (Å²) in [6, 6.07) is 0.